The van der Waals surface area contributed by atoms with E-state index in [9.17, 15) is 9.59 Å². The van der Waals surface area contributed by atoms with Crippen LogP contribution in [0.5, 0.6) is 0 Å². The Bertz CT molecular complexity index is 1040. The summed E-state index contributed by atoms with van der Waals surface area (Å²) in [6.45, 7) is 0.983. The molecule has 6 nitrogen and oxygen atoms in total. The monoisotopic (exact) mass is 422 g/mol. The van der Waals surface area contributed by atoms with Crippen molar-refractivity contribution in [1.82, 2.24) is 19.6 Å². The number of carbonyl (C=O) groups is 2. The summed E-state index contributed by atoms with van der Waals surface area (Å²) in [5, 5.41) is 8.30. The van der Waals surface area contributed by atoms with Crippen molar-refractivity contribution in [1.29, 1.82) is 0 Å². The Labute approximate surface area is 180 Å². The first kappa shape index (κ1) is 20.3. The minimum absolute atomic E-state index is 0.0729. The van der Waals surface area contributed by atoms with Crippen molar-refractivity contribution in [3.8, 4) is 11.1 Å². The van der Waals surface area contributed by atoms with Gasteiger partial charge in [-0.1, -0.05) is 24.3 Å². The molecule has 1 aliphatic heterocycles. The minimum atomic E-state index is -0.609. The molecule has 0 spiro atoms. The molecule has 2 amide bonds. The molecule has 1 aromatic carbocycles. The predicted octanol–water partition coefficient (Wildman–Crippen LogP) is 3.31. The molecule has 156 valence electrons. The highest BCUT2D eigenvalue weighted by atomic mass is 32.1. The molecule has 7 heteroatoms. The lowest BCUT2D eigenvalue weighted by Crippen LogP contribution is -2.44. The van der Waals surface area contributed by atoms with Crippen molar-refractivity contribution in [2.45, 2.75) is 12.8 Å². The lowest BCUT2D eigenvalue weighted by molar-refractivity contribution is -0.138. The van der Waals surface area contributed by atoms with Gasteiger partial charge in [0.15, 0.2) is 0 Å². The van der Waals surface area contributed by atoms with Gasteiger partial charge in [0.05, 0.1) is 5.41 Å². The van der Waals surface area contributed by atoms with E-state index in [1.165, 1.54) is 11.1 Å². The average molecular weight is 423 g/mol. The van der Waals surface area contributed by atoms with Gasteiger partial charge in [0.1, 0.15) is 5.69 Å². The smallest absolute Gasteiger partial charge is 0.272 e. The van der Waals surface area contributed by atoms with E-state index in [1.807, 2.05) is 0 Å². The predicted molar refractivity (Wildman–Crippen MR) is 118 cm³/mol. The fourth-order valence-electron chi connectivity index (χ4n) is 4.29. The maximum absolute atomic E-state index is 13.2. The van der Waals surface area contributed by atoms with Crippen LogP contribution >= 0.6 is 11.3 Å². The number of likely N-dealkylation sites (tertiary alicyclic amines) is 1. The van der Waals surface area contributed by atoms with Gasteiger partial charge >= 0.3 is 0 Å². The van der Waals surface area contributed by atoms with Crippen LogP contribution in [0.3, 0.4) is 0 Å². The van der Waals surface area contributed by atoms with E-state index in [4.69, 9.17) is 0 Å². The SMILES string of the molecule is CN(C)C(=O)[C@@]1(Cc2ccc(-c3ccsc3)cc2)CCN(C(=O)c2ccnn2C)C1. The van der Waals surface area contributed by atoms with Gasteiger partial charge < -0.3 is 9.80 Å². The zero-order chi connectivity index (χ0) is 21.3. The molecule has 4 rings (SSSR count). The zero-order valence-corrected chi connectivity index (χ0v) is 18.4. The Morgan fingerprint density at radius 1 is 1.13 bits per heavy atom. The van der Waals surface area contributed by atoms with Gasteiger partial charge in [-0.2, -0.15) is 16.4 Å². The van der Waals surface area contributed by atoms with Crippen LogP contribution in [0.4, 0.5) is 0 Å². The van der Waals surface area contributed by atoms with E-state index in [-0.39, 0.29) is 11.8 Å². The van der Waals surface area contributed by atoms with Crippen LogP contribution in [0.15, 0.2) is 53.4 Å². The molecular weight excluding hydrogens is 396 g/mol. The van der Waals surface area contributed by atoms with Crippen molar-refractivity contribution in [2.24, 2.45) is 12.5 Å². The molecule has 0 N–H and O–H groups in total. The minimum Gasteiger partial charge on any atom is -0.348 e. The molecule has 1 aliphatic rings. The van der Waals surface area contributed by atoms with Crippen LogP contribution in [0, 0.1) is 5.41 Å². The number of hydrogen-bond acceptors (Lipinski definition) is 4. The Morgan fingerprint density at radius 3 is 2.50 bits per heavy atom. The van der Waals surface area contributed by atoms with Gasteiger partial charge in [0.25, 0.3) is 5.91 Å². The third-order valence-corrected chi connectivity index (χ3v) is 6.58. The first-order valence-corrected chi connectivity index (χ1v) is 10.9. The van der Waals surface area contributed by atoms with Gasteiger partial charge in [-0.05, 0) is 52.4 Å². The van der Waals surface area contributed by atoms with Gasteiger partial charge in [-0.15, -0.1) is 0 Å². The maximum atomic E-state index is 13.2. The zero-order valence-electron chi connectivity index (χ0n) is 17.5. The second kappa shape index (κ2) is 8.07. The average Bonchev–Trinajstić information content (AvgIpc) is 3.49. The van der Waals surface area contributed by atoms with E-state index in [2.05, 4.69) is 46.2 Å². The molecule has 3 aromatic rings. The van der Waals surface area contributed by atoms with Crippen LogP contribution in [0.1, 0.15) is 22.5 Å². The van der Waals surface area contributed by atoms with Crippen molar-refractivity contribution in [3.05, 3.63) is 64.6 Å². The van der Waals surface area contributed by atoms with Gasteiger partial charge in [0, 0.05) is 40.4 Å². The number of hydrogen-bond donors (Lipinski definition) is 0. The summed E-state index contributed by atoms with van der Waals surface area (Å²) in [5.74, 6) is 0.000883. The van der Waals surface area contributed by atoms with Crippen molar-refractivity contribution in [2.75, 3.05) is 27.2 Å². The highest BCUT2D eigenvalue weighted by molar-refractivity contribution is 7.08. The second-order valence-electron chi connectivity index (χ2n) is 8.18. The van der Waals surface area contributed by atoms with Crippen LogP contribution in [-0.4, -0.2) is 58.6 Å². The van der Waals surface area contributed by atoms with Crippen LogP contribution in [-0.2, 0) is 18.3 Å². The topological polar surface area (TPSA) is 58.4 Å². The number of benzene rings is 1. The molecule has 0 bridgehead atoms. The molecule has 0 aliphatic carbocycles. The molecule has 0 unspecified atom stereocenters. The van der Waals surface area contributed by atoms with E-state index in [1.54, 1.807) is 59.2 Å². The fourth-order valence-corrected chi connectivity index (χ4v) is 4.96. The van der Waals surface area contributed by atoms with Crippen molar-refractivity contribution >= 4 is 23.2 Å². The molecule has 0 saturated carbocycles. The van der Waals surface area contributed by atoms with E-state index < -0.39 is 5.41 Å². The summed E-state index contributed by atoms with van der Waals surface area (Å²) >= 11 is 1.68. The second-order valence-corrected chi connectivity index (χ2v) is 8.96. The molecular formula is C23H26N4O2S. The van der Waals surface area contributed by atoms with Crippen molar-refractivity contribution in [3.63, 3.8) is 0 Å². The van der Waals surface area contributed by atoms with Gasteiger partial charge in [-0.3, -0.25) is 14.3 Å². The fraction of sp³-hybridized carbons (Fsp3) is 0.348. The molecule has 1 saturated heterocycles. The third-order valence-electron chi connectivity index (χ3n) is 5.89. The highest BCUT2D eigenvalue weighted by Gasteiger charge is 2.47. The third kappa shape index (κ3) is 3.77. The summed E-state index contributed by atoms with van der Waals surface area (Å²) in [4.78, 5) is 29.6. The van der Waals surface area contributed by atoms with E-state index in [0.717, 1.165) is 5.56 Å². The molecule has 30 heavy (non-hydrogen) atoms. The Balaban J connectivity index is 1.57. The number of carbonyl (C=O) groups excluding carboxylic acids is 2. The summed E-state index contributed by atoms with van der Waals surface area (Å²) < 4.78 is 1.58. The van der Waals surface area contributed by atoms with Crippen LogP contribution < -0.4 is 0 Å². The molecule has 1 fully saturated rings. The summed E-state index contributed by atoms with van der Waals surface area (Å²) in [6, 6.07) is 12.2. The largest absolute Gasteiger partial charge is 0.348 e. The number of aryl methyl sites for hydroxylation is 1. The lowest BCUT2D eigenvalue weighted by Gasteiger charge is -2.31. The van der Waals surface area contributed by atoms with Gasteiger partial charge in [0.2, 0.25) is 5.91 Å². The number of rotatable bonds is 5. The molecule has 3 heterocycles. The van der Waals surface area contributed by atoms with Gasteiger partial charge in [-0.25, -0.2) is 0 Å². The summed E-state index contributed by atoms with van der Waals surface area (Å²) in [5.41, 5.74) is 3.43. The Hall–Kier alpha value is -2.93. The van der Waals surface area contributed by atoms with Crippen LogP contribution in [0.25, 0.3) is 11.1 Å². The standard InChI is InChI=1S/C23H26N4O2S/c1-25(2)22(29)23(10-12-27(16-23)21(28)20-8-11-24-26(20)3)14-17-4-6-18(7-5-17)19-9-13-30-15-19/h4-9,11,13,15H,10,12,14,16H2,1-3H3/t23-/m1/s1. The maximum Gasteiger partial charge on any atom is 0.272 e. The molecule has 2 aromatic heterocycles. The number of aromatic nitrogens is 2. The number of thiophene rings is 1. The lowest BCUT2D eigenvalue weighted by atomic mass is 9.79. The number of nitrogens with zero attached hydrogens (tertiary/aromatic N) is 4. The quantitative estimate of drug-likeness (QED) is 0.634. The number of amides is 2. The Morgan fingerprint density at radius 2 is 1.90 bits per heavy atom. The first-order valence-electron chi connectivity index (χ1n) is 10.0. The highest BCUT2D eigenvalue weighted by Crippen LogP contribution is 2.37. The normalized spacial score (nSPS) is 18.6. The van der Waals surface area contributed by atoms with E-state index >= 15 is 0 Å². The summed E-state index contributed by atoms with van der Waals surface area (Å²) in [7, 11) is 5.33. The molecule has 1 atom stereocenters. The Kier molecular flexibility index (Phi) is 5.47. The molecule has 0 radical (unpaired) electrons. The summed E-state index contributed by atoms with van der Waals surface area (Å²) in [6.07, 6.45) is 2.89. The van der Waals surface area contributed by atoms with Crippen LogP contribution in [0.2, 0.25) is 0 Å². The van der Waals surface area contributed by atoms with E-state index in [0.29, 0.717) is 31.6 Å². The first-order chi connectivity index (χ1) is 14.4. The van der Waals surface area contributed by atoms with Crippen molar-refractivity contribution < 1.29 is 9.59 Å².